The Labute approximate surface area is 117 Å². The molecule has 0 spiro atoms. The van der Waals surface area contributed by atoms with Crippen molar-refractivity contribution in [2.45, 2.75) is 31.4 Å². The summed E-state index contributed by atoms with van der Waals surface area (Å²) in [6.45, 7) is 0.110. The molecule has 0 saturated carbocycles. The smallest absolute Gasteiger partial charge is 0.329 e. The molecule has 20 heavy (non-hydrogen) atoms. The van der Waals surface area contributed by atoms with Crippen molar-refractivity contribution < 1.29 is 13.2 Å². The first-order valence-corrected chi connectivity index (χ1v) is 7.06. The molecule has 0 heterocycles. The number of hydrogen-bond acceptors (Lipinski definition) is 2. The first-order valence-electron chi connectivity index (χ1n) is 7.06. The molecule has 0 fully saturated rings. The largest absolute Gasteiger partial charge is 0.401 e. The fraction of sp³-hybridized carbons (Fsp3) is 0.600. The van der Waals surface area contributed by atoms with E-state index in [1.54, 1.807) is 0 Å². The highest BCUT2D eigenvalue weighted by atomic mass is 19.4. The molecule has 1 unspecified atom stereocenters. The van der Waals surface area contributed by atoms with Gasteiger partial charge >= 0.3 is 6.18 Å². The second-order valence-corrected chi connectivity index (χ2v) is 5.43. The van der Waals surface area contributed by atoms with E-state index in [-0.39, 0.29) is 19.0 Å². The zero-order valence-corrected chi connectivity index (χ0v) is 11.5. The Morgan fingerprint density at radius 3 is 2.70 bits per heavy atom. The molecule has 0 aliphatic heterocycles. The highest BCUT2D eigenvalue weighted by molar-refractivity contribution is 5.32. The first-order chi connectivity index (χ1) is 9.49. The van der Waals surface area contributed by atoms with Crippen LogP contribution in [-0.4, -0.2) is 37.3 Å². The van der Waals surface area contributed by atoms with E-state index in [9.17, 15) is 13.2 Å². The molecule has 0 amide bonds. The molecule has 1 atom stereocenters. The highest BCUT2D eigenvalue weighted by Crippen LogP contribution is 2.32. The second-order valence-electron chi connectivity index (χ2n) is 5.43. The summed E-state index contributed by atoms with van der Waals surface area (Å²) in [4.78, 5) is 1.44. The Bertz CT molecular complexity index is 431. The predicted octanol–water partition coefficient (Wildman–Crippen LogP) is 2.93. The van der Waals surface area contributed by atoms with Crippen molar-refractivity contribution in [2.24, 2.45) is 5.73 Å². The van der Waals surface area contributed by atoms with Gasteiger partial charge in [0.2, 0.25) is 0 Å². The van der Waals surface area contributed by atoms with E-state index >= 15 is 0 Å². The maximum atomic E-state index is 12.6. The SMILES string of the molecule is NCCN(CC1CCCc2ccccc21)CC(F)(F)F. The number of rotatable bonds is 5. The van der Waals surface area contributed by atoms with Gasteiger partial charge in [-0.3, -0.25) is 4.90 Å². The summed E-state index contributed by atoms with van der Waals surface area (Å²) in [5.74, 6) is 0.189. The highest BCUT2D eigenvalue weighted by Gasteiger charge is 2.32. The average molecular weight is 286 g/mol. The van der Waals surface area contributed by atoms with Crippen LogP contribution in [0.4, 0.5) is 13.2 Å². The van der Waals surface area contributed by atoms with Crippen molar-refractivity contribution in [3.05, 3.63) is 35.4 Å². The normalized spacial score (nSPS) is 19.1. The molecule has 0 radical (unpaired) electrons. The number of alkyl halides is 3. The molecule has 0 aromatic heterocycles. The zero-order chi connectivity index (χ0) is 14.6. The molecule has 5 heteroatoms. The topological polar surface area (TPSA) is 29.3 Å². The Balaban J connectivity index is 2.07. The van der Waals surface area contributed by atoms with Crippen LogP contribution < -0.4 is 5.73 Å². The lowest BCUT2D eigenvalue weighted by molar-refractivity contribution is -0.146. The quantitative estimate of drug-likeness (QED) is 0.901. The number of benzene rings is 1. The predicted molar refractivity (Wildman–Crippen MR) is 73.7 cm³/mol. The summed E-state index contributed by atoms with van der Waals surface area (Å²) in [6, 6.07) is 8.09. The molecule has 1 aromatic rings. The molecule has 2 rings (SSSR count). The minimum atomic E-state index is -4.16. The van der Waals surface area contributed by atoms with Gasteiger partial charge in [0.25, 0.3) is 0 Å². The van der Waals surface area contributed by atoms with Gasteiger partial charge in [0.15, 0.2) is 0 Å². The van der Waals surface area contributed by atoms with E-state index in [0.717, 1.165) is 19.3 Å². The Hall–Kier alpha value is -1.07. The van der Waals surface area contributed by atoms with Gasteiger partial charge in [0, 0.05) is 19.6 Å². The van der Waals surface area contributed by atoms with Gasteiger partial charge < -0.3 is 5.73 Å². The minimum absolute atomic E-state index is 0.189. The van der Waals surface area contributed by atoms with E-state index in [2.05, 4.69) is 6.07 Å². The summed E-state index contributed by atoms with van der Waals surface area (Å²) in [7, 11) is 0. The number of nitrogens with zero attached hydrogens (tertiary/aromatic N) is 1. The standard InChI is InChI=1S/C15H21F3N2/c16-15(17,18)11-20(9-8-19)10-13-6-3-5-12-4-1-2-7-14(12)13/h1-2,4,7,13H,3,5-6,8-11,19H2. The number of hydrogen-bond donors (Lipinski definition) is 1. The van der Waals surface area contributed by atoms with Crippen molar-refractivity contribution in [3.63, 3.8) is 0 Å². The molecule has 1 aliphatic carbocycles. The third-order valence-electron chi connectivity index (χ3n) is 3.82. The van der Waals surface area contributed by atoms with Crippen LogP contribution in [0, 0.1) is 0 Å². The molecular weight excluding hydrogens is 265 g/mol. The van der Waals surface area contributed by atoms with E-state index in [1.165, 1.54) is 16.0 Å². The molecule has 2 N–H and O–H groups in total. The third-order valence-corrected chi connectivity index (χ3v) is 3.82. The van der Waals surface area contributed by atoms with Gasteiger partial charge in [0.05, 0.1) is 6.54 Å². The van der Waals surface area contributed by atoms with Crippen molar-refractivity contribution in [1.29, 1.82) is 0 Å². The molecule has 0 saturated heterocycles. The van der Waals surface area contributed by atoms with Crippen LogP contribution in [0.25, 0.3) is 0 Å². The van der Waals surface area contributed by atoms with Gasteiger partial charge in [-0.1, -0.05) is 24.3 Å². The Morgan fingerprint density at radius 2 is 2.00 bits per heavy atom. The lowest BCUT2D eigenvalue weighted by atomic mass is 9.82. The van der Waals surface area contributed by atoms with Crippen molar-refractivity contribution in [1.82, 2.24) is 4.90 Å². The summed E-state index contributed by atoms with van der Waals surface area (Å²) in [5.41, 5.74) is 7.93. The molecule has 0 bridgehead atoms. The first kappa shape index (κ1) is 15.3. The van der Waals surface area contributed by atoms with Gasteiger partial charge in [-0.25, -0.2) is 0 Å². The fourth-order valence-electron chi connectivity index (χ4n) is 3.03. The molecule has 2 nitrogen and oxygen atoms in total. The lowest BCUT2D eigenvalue weighted by Gasteiger charge is -2.31. The maximum absolute atomic E-state index is 12.6. The van der Waals surface area contributed by atoms with Gasteiger partial charge in [0.1, 0.15) is 0 Å². The van der Waals surface area contributed by atoms with Gasteiger partial charge in [-0.15, -0.1) is 0 Å². The van der Waals surface area contributed by atoms with Crippen LogP contribution in [0.15, 0.2) is 24.3 Å². The van der Waals surface area contributed by atoms with E-state index < -0.39 is 12.7 Å². The second kappa shape index (κ2) is 6.59. The van der Waals surface area contributed by atoms with Crippen LogP contribution >= 0.6 is 0 Å². The summed E-state index contributed by atoms with van der Waals surface area (Å²) in [5, 5.41) is 0. The van der Waals surface area contributed by atoms with Crippen LogP contribution in [0.3, 0.4) is 0 Å². The number of fused-ring (bicyclic) bond motifs is 1. The Kier molecular flexibility index (Phi) is 5.05. The summed E-state index contributed by atoms with van der Waals surface area (Å²) in [6.07, 6.45) is -1.13. The third kappa shape index (κ3) is 4.21. The van der Waals surface area contributed by atoms with Crippen LogP contribution in [0.2, 0.25) is 0 Å². The fourth-order valence-corrected chi connectivity index (χ4v) is 3.03. The van der Waals surface area contributed by atoms with Crippen molar-refractivity contribution >= 4 is 0 Å². The van der Waals surface area contributed by atoms with Crippen molar-refractivity contribution in [2.75, 3.05) is 26.2 Å². The molecular formula is C15H21F3N2. The monoisotopic (exact) mass is 286 g/mol. The molecule has 1 aliphatic rings. The van der Waals surface area contributed by atoms with E-state index in [4.69, 9.17) is 5.73 Å². The van der Waals surface area contributed by atoms with Crippen molar-refractivity contribution in [3.8, 4) is 0 Å². The zero-order valence-electron chi connectivity index (χ0n) is 11.5. The van der Waals surface area contributed by atoms with Gasteiger partial charge in [-0.2, -0.15) is 13.2 Å². The maximum Gasteiger partial charge on any atom is 0.401 e. The minimum Gasteiger partial charge on any atom is -0.329 e. The average Bonchev–Trinajstić information content (AvgIpc) is 2.37. The van der Waals surface area contributed by atoms with E-state index in [1.807, 2.05) is 18.2 Å². The summed E-state index contributed by atoms with van der Waals surface area (Å²) < 4.78 is 37.8. The molecule has 112 valence electrons. The molecule has 1 aromatic carbocycles. The van der Waals surface area contributed by atoms with Crippen LogP contribution in [0.5, 0.6) is 0 Å². The Morgan fingerprint density at radius 1 is 1.25 bits per heavy atom. The lowest BCUT2D eigenvalue weighted by Crippen LogP contribution is -2.40. The van der Waals surface area contributed by atoms with Gasteiger partial charge in [-0.05, 0) is 36.3 Å². The summed E-state index contributed by atoms with van der Waals surface area (Å²) >= 11 is 0. The number of nitrogens with two attached hydrogens (primary N) is 1. The van der Waals surface area contributed by atoms with Crippen LogP contribution in [0.1, 0.15) is 29.9 Å². The number of halogens is 3. The van der Waals surface area contributed by atoms with E-state index in [0.29, 0.717) is 6.54 Å². The number of aryl methyl sites for hydroxylation is 1. The van der Waals surface area contributed by atoms with Crippen LogP contribution in [-0.2, 0) is 6.42 Å².